The summed E-state index contributed by atoms with van der Waals surface area (Å²) >= 11 is 1.85. The lowest BCUT2D eigenvalue weighted by molar-refractivity contribution is 0.00578. The monoisotopic (exact) mass is 806 g/mol. The van der Waals surface area contributed by atoms with Gasteiger partial charge in [0.25, 0.3) is 0 Å². The highest BCUT2D eigenvalue weighted by atomic mass is 127. The molecular weight excluding hydrogens is 768 g/mol. The number of rotatable bonds is 6. The van der Waals surface area contributed by atoms with Gasteiger partial charge in [-0.05, 0) is 97.7 Å². The van der Waals surface area contributed by atoms with E-state index in [1.54, 1.807) is 25.4 Å². The van der Waals surface area contributed by atoms with E-state index < -0.39 is 23.6 Å². The van der Waals surface area contributed by atoms with E-state index in [0.29, 0.717) is 26.5 Å². The molecule has 0 bridgehead atoms. The number of esters is 2. The minimum Gasteiger partial charge on any atom is -0.481 e. The quantitative estimate of drug-likeness (QED) is 0.110. The molecule has 12 nitrogen and oxygen atoms in total. The molecule has 0 atom stereocenters. The van der Waals surface area contributed by atoms with E-state index in [4.69, 9.17) is 30.2 Å². The lowest BCUT2D eigenvalue weighted by Gasteiger charge is -2.32. The molecule has 4 N–H and O–H groups in total. The number of aromatic nitrogens is 2. The highest BCUT2D eigenvalue weighted by Gasteiger charge is 2.51. The predicted octanol–water partition coefficient (Wildman–Crippen LogP) is 5.45. The lowest BCUT2D eigenvalue weighted by Crippen LogP contribution is -2.41. The molecule has 1 aliphatic heterocycles. The van der Waals surface area contributed by atoms with Crippen molar-refractivity contribution >= 4 is 58.5 Å². The van der Waals surface area contributed by atoms with Crippen molar-refractivity contribution in [2.24, 2.45) is 0 Å². The van der Waals surface area contributed by atoms with Crippen LogP contribution in [0.5, 0.6) is 11.8 Å². The van der Waals surface area contributed by atoms with Gasteiger partial charge in [-0.2, -0.15) is 0 Å². The predicted molar refractivity (Wildman–Crippen MR) is 193 cm³/mol. The van der Waals surface area contributed by atoms with Crippen LogP contribution in [0.4, 0.5) is 20.2 Å². The fraction of sp³-hybridized carbons (Fsp3) is 0.294. The number of anilines is 2. The summed E-state index contributed by atoms with van der Waals surface area (Å²) in [5.41, 5.74) is 13.2. The first kappa shape index (κ1) is 39.9. The van der Waals surface area contributed by atoms with Crippen LogP contribution in [-0.4, -0.2) is 68.7 Å². The van der Waals surface area contributed by atoms with Gasteiger partial charge in [-0.3, -0.25) is 0 Å². The van der Waals surface area contributed by atoms with Gasteiger partial charge >= 0.3 is 19.1 Å². The molecule has 266 valence electrons. The Kier molecular flexibility index (Phi) is 13.5. The second-order valence-corrected chi connectivity index (χ2v) is 12.7. The molecule has 0 spiro atoms. The molecule has 4 aromatic rings. The molecule has 2 aromatic carbocycles. The number of methoxy groups -OCH3 is 4. The lowest BCUT2D eigenvalue weighted by atomic mass is 9.80. The summed E-state index contributed by atoms with van der Waals surface area (Å²) in [5, 5.41) is 0. The van der Waals surface area contributed by atoms with E-state index in [1.165, 1.54) is 39.7 Å². The SMILES string of the molecule is COC(=O)c1cc(F)cc(-c2ccnc(OC)c2)c1N.COC(=O)c1cc(F)cc(I)c1N.COc1cc(B2OC(C)(C)C(C)(C)O2)ccn1. The van der Waals surface area contributed by atoms with Crippen LogP contribution in [0.25, 0.3) is 11.1 Å². The van der Waals surface area contributed by atoms with Crippen molar-refractivity contribution < 1.29 is 46.6 Å². The molecule has 1 aliphatic rings. The van der Waals surface area contributed by atoms with Crippen LogP contribution in [0, 0.1) is 15.2 Å². The third-order valence-corrected chi connectivity index (χ3v) is 8.69. The van der Waals surface area contributed by atoms with Crippen molar-refractivity contribution in [3.63, 3.8) is 0 Å². The standard InChI is InChI=1S/C14H13FN2O3.C12H18BNO3.C8H7FINO2/c1-19-12-5-8(3-4-17-12)10-6-9(15)7-11(13(10)16)14(18)20-2;1-11(2)12(3,4)17-13(16-11)9-6-7-14-10(8-9)15-5;1-13-8(12)5-2-4(9)3-6(10)7(5)11/h3-7H,16H2,1-2H3;6-8H,1-5H3;2-3H,11H2,1H3. The third-order valence-electron chi connectivity index (χ3n) is 7.80. The second kappa shape index (κ2) is 16.9. The zero-order valence-corrected chi connectivity index (χ0v) is 31.0. The van der Waals surface area contributed by atoms with Crippen LogP contribution in [0.2, 0.25) is 0 Å². The summed E-state index contributed by atoms with van der Waals surface area (Å²) in [6.45, 7) is 8.13. The van der Waals surface area contributed by atoms with Gasteiger partial charge in [0.05, 0.1) is 62.1 Å². The third kappa shape index (κ3) is 9.57. The Hall–Kier alpha value is -4.55. The molecular formula is C34H38BF2IN4O8. The van der Waals surface area contributed by atoms with Gasteiger partial charge in [-0.25, -0.2) is 28.3 Å². The fourth-order valence-corrected chi connectivity index (χ4v) is 4.94. The number of hydrogen-bond acceptors (Lipinski definition) is 12. The average Bonchev–Trinajstić information content (AvgIpc) is 3.32. The van der Waals surface area contributed by atoms with E-state index in [-0.39, 0.29) is 40.8 Å². The molecule has 3 heterocycles. The maximum Gasteiger partial charge on any atom is 0.495 e. The topological polar surface area (TPSA) is 167 Å². The molecule has 0 unspecified atom stereocenters. The van der Waals surface area contributed by atoms with Crippen LogP contribution in [0.3, 0.4) is 0 Å². The number of carbonyl (C=O) groups excluding carboxylic acids is 2. The van der Waals surface area contributed by atoms with Crippen LogP contribution >= 0.6 is 22.6 Å². The van der Waals surface area contributed by atoms with E-state index in [2.05, 4.69) is 19.4 Å². The summed E-state index contributed by atoms with van der Waals surface area (Å²) < 4.78 is 58.0. The smallest absolute Gasteiger partial charge is 0.481 e. The van der Waals surface area contributed by atoms with Crippen molar-refractivity contribution in [3.05, 3.63) is 87.3 Å². The first-order chi connectivity index (χ1) is 23.5. The van der Waals surface area contributed by atoms with Gasteiger partial charge in [0, 0.05) is 33.7 Å². The molecule has 5 rings (SSSR count). The molecule has 0 aliphatic carbocycles. The van der Waals surface area contributed by atoms with Crippen molar-refractivity contribution in [1.82, 2.24) is 9.97 Å². The Labute approximate surface area is 303 Å². The number of pyridine rings is 2. The largest absolute Gasteiger partial charge is 0.495 e. The molecule has 0 saturated carbocycles. The van der Waals surface area contributed by atoms with Crippen LogP contribution in [0.1, 0.15) is 48.4 Å². The maximum absolute atomic E-state index is 13.7. The Bertz CT molecular complexity index is 1830. The Morgan fingerprint density at radius 2 is 1.22 bits per heavy atom. The van der Waals surface area contributed by atoms with Gasteiger partial charge in [0.1, 0.15) is 11.6 Å². The number of nitrogen functional groups attached to an aromatic ring is 2. The molecule has 0 radical (unpaired) electrons. The Morgan fingerprint density at radius 3 is 1.74 bits per heavy atom. The number of nitrogens with zero attached hydrogens (tertiary/aromatic N) is 2. The maximum atomic E-state index is 13.7. The molecule has 1 saturated heterocycles. The van der Waals surface area contributed by atoms with E-state index in [1.807, 2.05) is 62.4 Å². The second-order valence-electron chi connectivity index (χ2n) is 11.6. The summed E-state index contributed by atoms with van der Waals surface area (Å²) in [6.07, 6.45) is 3.20. The average molecular weight is 806 g/mol. The number of carbonyl (C=O) groups is 2. The van der Waals surface area contributed by atoms with Crippen molar-refractivity contribution in [2.75, 3.05) is 39.9 Å². The van der Waals surface area contributed by atoms with Gasteiger partial charge in [-0.1, -0.05) is 0 Å². The first-order valence-corrected chi connectivity index (χ1v) is 15.9. The minimum atomic E-state index is -0.690. The molecule has 1 fully saturated rings. The highest BCUT2D eigenvalue weighted by molar-refractivity contribution is 14.1. The molecule has 0 amide bonds. The number of halogens is 3. The van der Waals surface area contributed by atoms with Crippen LogP contribution in [-0.2, 0) is 18.8 Å². The highest BCUT2D eigenvalue weighted by Crippen LogP contribution is 2.36. The summed E-state index contributed by atoms with van der Waals surface area (Å²) in [6, 6.07) is 11.6. The van der Waals surface area contributed by atoms with E-state index >= 15 is 0 Å². The normalized spacial score (nSPS) is 13.9. The van der Waals surface area contributed by atoms with Crippen molar-refractivity contribution in [2.45, 2.75) is 38.9 Å². The van der Waals surface area contributed by atoms with Crippen molar-refractivity contribution in [1.29, 1.82) is 0 Å². The van der Waals surface area contributed by atoms with Gasteiger partial charge in [0.15, 0.2) is 0 Å². The Morgan fingerprint density at radius 1 is 0.740 bits per heavy atom. The molecule has 2 aromatic heterocycles. The number of benzene rings is 2. The van der Waals surface area contributed by atoms with Crippen molar-refractivity contribution in [3.8, 4) is 22.9 Å². The fourth-order valence-electron chi connectivity index (χ4n) is 4.35. The number of hydrogen-bond donors (Lipinski definition) is 2. The van der Waals surface area contributed by atoms with Gasteiger partial charge in [0.2, 0.25) is 11.8 Å². The van der Waals surface area contributed by atoms with Gasteiger partial charge < -0.3 is 39.7 Å². The van der Waals surface area contributed by atoms with E-state index in [9.17, 15) is 18.4 Å². The first-order valence-electron chi connectivity index (χ1n) is 14.8. The van der Waals surface area contributed by atoms with Gasteiger partial charge in [-0.15, -0.1) is 0 Å². The van der Waals surface area contributed by atoms with Crippen LogP contribution in [0.15, 0.2) is 60.9 Å². The summed E-state index contributed by atoms with van der Waals surface area (Å²) in [7, 11) is 5.13. The Balaban J connectivity index is 0.000000208. The summed E-state index contributed by atoms with van der Waals surface area (Å²) in [4.78, 5) is 30.7. The number of nitrogens with two attached hydrogens (primary N) is 2. The molecule has 16 heteroatoms. The molecule has 50 heavy (non-hydrogen) atoms. The van der Waals surface area contributed by atoms with Crippen LogP contribution < -0.4 is 26.4 Å². The number of ether oxygens (including phenoxy) is 4. The summed E-state index contributed by atoms with van der Waals surface area (Å²) in [5.74, 6) is -1.47. The minimum absolute atomic E-state index is 0.0155. The zero-order chi connectivity index (χ0) is 37.4. The van der Waals surface area contributed by atoms with E-state index in [0.717, 1.165) is 17.6 Å². The zero-order valence-electron chi connectivity index (χ0n) is 28.8.